The Morgan fingerprint density at radius 3 is 2.38 bits per heavy atom. The SMILES string of the molecule is COc1cc(-c2cc(C(=O)NC3C4C=CC(C4)N3C(=O)Nc3cccc([S+]([O-])C(F)(F)F)c3)c(OC)cc2F)ccc1C(=O)O. The highest BCUT2D eigenvalue weighted by molar-refractivity contribution is 7.92. The smallest absolute Gasteiger partial charge is 0.578 e. The summed E-state index contributed by atoms with van der Waals surface area (Å²) in [6.45, 7) is 0. The van der Waals surface area contributed by atoms with E-state index >= 15 is 4.39 Å². The van der Waals surface area contributed by atoms with E-state index in [0.29, 0.717) is 6.42 Å². The molecule has 1 saturated heterocycles. The lowest BCUT2D eigenvalue weighted by atomic mass is 9.99. The zero-order valence-electron chi connectivity index (χ0n) is 23.6. The van der Waals surface area contributed by atoms with Gasteiger partial charge in [-0.05, 0) is 42.3 Å². The van der Waals surface area contributed by atoms with Crippen LogP contribution in [0.2, 0.25) is 0 Å². The number of aromatic carboxylic acids is 1. The fraction of sp³-hybridized carbons (Fsp3) is 0.233. The molecule has 1 fully saturated rings. The van der Waals surface area contributed by atoms with E-state index in [1.165, 1.54) is 55.5 Å². The second kappa shape index (κ2) is 12.3. The minimum atomic E-state index is -4.98. The van der Waals surface area contributed by atoms with Gasteiger partial charge in [-0.3, -0.25) is 9.69 Å². The molecule has 236 valence electrons. The van der Waals surface area contributed by atoms with Gasteiger partial charge in [-0.2, -0.15) is 0 Å². The molecule has 0 aromatic heterocycles. The number of urea groups is 1. The van der Waals surface area contributed by atoms with Crippen LogP contribution in [0, 0.1) is 11.7 Å². The summed E-state index contributed by atoms with van der Waals surface area (Å²) in [7, 11) is 2.51. The molecule has 10 nitrogen and oxygen atoms in total. The van der Waals surface area contributed by atoms with E-state index in [1.54, 1.807) is 6.08 Å². The maximum Gasteiger partial charge on any atom is 0.578 e. The molecule has 3 N–H and O–H groups in total. The van der Waals surface area contributed by atoms with Crippen LogP contribution in [0.5, 0.6) is 11.5 Å². The van der Waals surface area contributed by atoms with Crippen molar-refractivity contribution in [2.75, 3.05) is 19.5 Å². The average molecular weight is 648 g/mol. The third-order valence-corrected chi connectivity index (χ3v) is 8.56. The first-order chi connectivity index (χ1) is 21.3. The lowest BCUT2D eigenvalue weighted by Gasteiger charge is -2.33. The molecular formula is C30H25F4N3O7S. The number of carbonyl (C=O) groups excluding carboxylic acids is 2. The van der Waals surface area contributed by atoms with Gasteiger partial charge in [-0.15, -0.1) is 13.2 Å². The van der Waals surface area contributed by atoms with Crippen molar-refractivity contribution in [3.8, 4) is 22.6 Å². The van der Waals surface area contributed by atoms with Crippen molar-refractivity contribution in [2.24, 2.45) is 5.92 Å². The number of ether oxygens (including phenoxy) is 2. The topological polar surface area (TPSA) is 140 Å². The van der Waals surface area contributed by atoms with Crippen LogP contribution >= 0.6 is 0 Å². The third kappa shape index (κ3) is 6.26. The Morgan fingerprint density at radius 1 is 1.00 bits per heavy atom. The quantitative estimate of drug-likeness (QED) is 0.169. The Kier molecular flexibility index (Phi) is 8.67. The van der Waals surface area contributed by atoms with Crippen LogP contribution in [-0.2, 0) is 11.2 Å². The number of carboxylic acid groups (broad SMARTS) is 1. The van der Waals surface area contributed by atoms with E-state index in [-0.39, 0.29) is 45.4 Å². The van der Waals surface area contributed by atoms with Gasteiger partial charge < -0.3 is 29.8 Å². The highest BCUT2D eigenvalue weighted by atomic mass is 32.2. The van der Waals surface area contributed by atoms with Crippen LogP contribution in [0.25, 0.3) is 11.1 Å². The highest BCUT2D eigenvalue weighted by Gasteiger charge is 2.47. The van der Waals surface area contributed by atoms with E-state index in [9.17, 15) is 37.2 Å². The van der Waals surface area contributed by atoms with Gasteiger partial charge in [0.15, 0.2) is 4.90 Å². The average Bonchev–Trinajstić information content (AvgIpc) is 3.61. The summed E-state index contributed by atoms with van der Waals surface area (Å²) < 4.78 is 76.2. The van der Waals surface area contributed by atoms with Crippen molar-refractivity contribution >= 4 is 34.8 Å². The summed E-state index contributed by atoms with van der Waals surface area (Å²) in [5.74, 6) is -3.14. The summed E-state index contributed by atoms with van der Waals surface area (Å²) >= 11 is -3.30. The van der Waals surface area contributed by atoms with Crippen LogP contribution < -0.4 is 20.1 Å². The number of alkyl halides is 3. The van der Waals surface area contributed by atoms with Crippen molar-refractivity contribution in [3.63, 3.8) is 0 Å². The van der Waals surface area contributed by atoms with Gasteiger partial charge in [0.1, 0.15) is 29.0 Å². The van der Waals surface area contributed by atoms with Crippen molar-refractivity contribution in [2.45, 2.75) is 29.0 Å². The monoisotopic (exact) mass is 647 g/mol. The Bertz CT molecular complexity index is 1700. The van der Waals surface area contributed by atoms with Gasteiger partial charge >= 0.3 is 17.5 Å². The van der Waals surface area contributed by atoms with Gasteiger partial charge in [0, 0.05) is 29.3 Å². The Labute approximate surface area is 256 Å². The third-order valence-electron chi connectivity index (χ3n) is 7.46. The fourth-order valence-corrected chi connectivity index (χ4v) is 6.10. The minimum Gasteiger partial charge on any atom is -0.604 e. The lowest BCUT2D eigenvalue weighted by Crippen LogP contribution is -2.54. The zero-order chi connectivity index (χ0) is 32.6. The summed E-state index contributed by atoms with van der Waals surface area (Å²) in [6, 6.07) is 9.59. The lowest BCUT2D eigenvalue weighted by molar-refractivity contribution is -0.0435. The maximum atomic E-state index is 15.2. The van der Waals surface area contributed by atoms with Gasteiger partial charge in [0.25, 0.3) is 5.91 Å². The molecular weight excluding hydrogens is 622 g/mol. The molecule has 3 aromatic rings. The number of hydrogen-bond acceptors (Lipinski definition) is 6. The molecule has 3 aromatic carbocycles. The summed E-state index contributed by atoms with van der Waals surface area (Å²) in [5, 5.41) is 14.7. The van der Waals surface area contributed by atoms with Crippen molar-refractivity contribution in [1.82, 2.24) is 10.2 Å². The molecule has 45 heavy (non-hydrogen) atoms. The number of halogens is 4. The van der Waals surface area contributed by atoms with E-state index in [2.05, 4.69) is 10.6 Å². The van der Waals surface area contributed by atoms with Crippen LogP contribution in [0.15, 0.2) is 71.6 Å². The molecule has 5 rings (SSSR count). The van der Waals surface area contributed by atoms with E-state index < -0.39 is 57.5 Å². The number of carboxylic acids is 1. The van der Waals surface area contributed by atoms with Gasteiger partial charge in [-0.1, -0.05) is 24.3 Å². The molecule has 4 atom stereocenters. The van der Waals surface area contributed by atoms with Gasteiger partial charge in [-0.25, -0.2) is 14.0 Å². The molecule has 1 heterocycles. The van der Waals surface area contributed by atoms with E-state index in [1.807, 2.05) is 6.08 Å². The molecule has 15 heteroatoms. The second-order valence-corrected chi connectivity index (χ2v) is 11.6. The predicted molar refractivity (Wildman–Crippen MR) is 154 cm³/mol. The Balaban J connectivity index is 1.40. The summed E-state index contributed by atoms with van der Waals surface area (Å²) in [4.78, 5) is 39.3. The number of carbonyl (C=O) groups is 3. The van der Waals surface area contributed by atoms with Crippen LogP contribution in [0.1, 0.15) is 27.1 Å². The van der Waals surface area contributed by atoms with Crippen LogP contribution in [0.3, 0.4) is 0 Å². The normalized spacial score (nSPS) is 19.3. The maximum absolute atomic E-state index is 15.2. The molecule has 0 radical (unpaired) electrons. The first-order valence-electron chi connectivity index (χ1n) is 13.3. The molecule has 4 unspecified atom stereocenters. The number of fused-ring (bicyclic) bond motifs is 2. The Hall–Kier alpha value is -4.76. The minimum absolute atomic E-state index is 0.0215. The van der Waals surface area contributed by atoms with E-state index in [4.69, 9.17) is 9.47 Å². The molecule has 3 amide bonds. The molecule has 1 aliphatic carbocycles. The van der Waals surface area contributed by atoms with Crippen molar-refractivity contribution in [1.29, 1.82) is 0 Å². The largest absolute Gasteiger partial charge is 0.604 e. The number of methoxy groups -OCH3 is 2. The van der Waals surface area contributed by atoms with Crippen molar-refractivity contribution in [3.05, 3.63) is 83.7 Å². The number of likely N-dealkylation sites (tertiary alicyclic amines) is 1. The fourth-order valence-electron chi connectivity index (χ4n) is 5.39. The summed E-state index contributed by atoms with van der Waals surface area (Å²) in [6.07, 6.45) is 3.19. The number of amides is 3. The predicted octanol–water partition coefficient (Wildman–Crippen LogP) is 5.38. The first-order valence-corrected chi connectivity index (χ1v) is 14.4. The molecule has 2 bridgehead atoms. The highest BCUT2D eigenvalue weighted by Crippen LogP contribution is 2.38. The van der Waals surface area contributed by atoms with Gasteiger partial charge in [0.05, 0.1) is 37.0 Å². The van der Waals surface area contributed by atoms with Gasteiger partial charge in [0.2, 0.25) is 0 Å². The number of anilines is 1. The zero-order valence-corrected chi connectivity index (χ0v) is 24.4. The van der Waals surface area contributed by atoms with Crippen LogP contribution in [-0.4, -0.2) is 64.4 Å². The molecule has 2 aliphatic rings. The molecule has 1 aliphatic heterocycles. The second-order valence-electron chi connectivity index (χ2n) is 10.1. The number of rotatable bonds is 8. The van der Waals surface area contributed by atoms with E-state index in [0.717, 1.165) is 18.2 Å². The number of hydrogen-bond donors (Lipinski definition) is 3. The Morgan fingerprint density at radius 2 is 1.71 bits per heavy atom. The molecule has 0 saturated carbocycles. The first kappa shape index (κ1) is 31.7. The molecule has 0 spiro atoms. The number of nitrogens with one attached hydrogen (secondary N) is 2. The van der Waals surface area contributed by atoms with Crippen molar-refractivity contribution < 1.29 is 51.1 Å². The summed E-state index contributed by atoms with van der Waals surface area (Å²) in [5.41, 5.74) is -5.05. The standard InChI is InChI=1S/C30H25F4N3O7S/c1-43-24-11-15(7-9-20(24)28(39)40)21-13-22(25(44-2)14-23(21)31)27(38)36-26-16-6-8-18(10-16)37(26)29(41)35-17-4-3-5-19(12-17)45(42)30(32,33)34/h3-9,11-14,16,18,26H,10H2,1-2H3,(H,35,41)(H,36,38)(H,39,40). The van der Waals surface area contributed by atoms with Crippen LogP contribution in [0.4, 0.5) is 28.0 Å². The number of nitrogens with zero attached hydrogens (tertiary/aromatic N) is 1. The number of benzene rings is 3.